The number of aromatic carboxylic acids is 1. The normalized spacial score (nSPS) is 19.3. The number of likely N-dealkylation sites (tertiary alicyclic amines) is 1. The number of hydrogen-bond donors (Lipinski definition) is 3. The van der Waals surface area contributed by atoms with Crippen molar-refractivity contribution in [3.8, 4) is 0 Å². The summed E-state index contributed by atoms with van der Waals surface area (Å²) in [6.07, 6.45) is -0.312. The fraction of sp³-hybridized carbons (Fsp3) is 0.400. The average molecular weight is 316 g/mol. The van der Waals surface area contributed by atoms with Crippen LogP contribution >= 0.6 is 0 Å². The van der Waals surface area contributed by atoms with Gasteiger partial charge in [0.25, 0.3) is 0 Å². The number of hydrogen-bond acceptors (Lipinski definition) is 6. The summed E-state index contributed by atoms with van der Waals surface area (Å²) in [5.41, 5.74) is -0.657. The lowest BCUT2D eigenvalue weighted by atomic mass is 10.3. The molecule has 1 fully saturated rings. The number of carbonyl (C=O) groups excluding carboxylic acids is 2. The Balaban J connectivity index is 2.37. The van der Waals surface area contributed by atoms with Crippen LogP contribution in [0.2, 0.25) is 0 Å². The predicted molar refractivity (Wildman–Crippen MR) is 66.8 cm³/mol. The summed E-state index contributed by atoms with van der Waals surface area (Å²) in [4.78, 5) is 34.3. The van der Waals surface area contributed by atoms with E-state index in [9.17, 15) is 22.8 Å². The van der Waals surface area contributed by atoms with Crippen LogP contribution in [0.4, 0.5) is 0 Å². The Bertz CT molecular complexity index is 737. The number of sulfonamides is 1. The van der Waals surface area contributed by atoms with Crippen molar-refractivity contribution in [2.45, 2.75) is 24.3 Å². The van der Waals surface area contributed by atoms with Crippen LogP contribution in [-0.2, 0) is 19.6 Å². The molecule has 1 aromatic rings. The highest BCUT2D eigenvalue weighted by Gasteiger charge is 2.40. The van der Waals surface area contributed by atoms with E-state index in [0.717, 1.165) is 4.90 Å². The third kappa shape index (κ3) is 2.52. The SMILES string of the molecule is Cc1[nH]nc(C(=O)O)c1S(=O)(=O)NC1CC(=O)N(C)C1=O. The van der Waals surface area contributed by atoms with Gasteiger partial charge < -0.3 is 5.11 Å². The number of rotatable bonds is 4. The average Bonchev–Trinajstić information content (AvgIpc) is 2.87. The van der Waals surface area contributed by atoms with Crippen LogP contribution in [0.3, 0.4) is 0 Å². The molecule has 2 rings (SSSR count). The minimum Gasteiger partial charge on any atom is -0.476 e. The van der Waals surface area contributed by atoms with Gasteiger partial charge in [0.2, 0.25) is 21.8 Å². The highest BCUT2D eigenvalue weighted by atomic mass is 32.2. The maximum atomic E-state index is 12.2. The van der Waals surface area contributed by atoms with Crippen LogP contribution in [-0.4, -0.2) is 59.5 Å². The van der Waals surface area contributed by atoms with Gasteiger partial charge in [-0.3, -0.25) is 19.6 Å². The predicted octanol–water partition coefficient (Wildman–Crippen LogP) is -1.55. The number of aryl methyl sites for hydroxylation is 1. The van der Waals surface area contributed by atoms with Gasteiger partial charge in [0.15, 0.2) is 5.69 Å². The molecule has 0 saturated carbocycles. The number of imide groups is 1. The summed E-state index contributed by atoms with van der Waals surface area (Å²) in [6, 6.07) is -1.25. The summed E-state index contributed by atoms with van der Waals surface area (Å²) >= 11 is 0. The van der Waals surface area contributed by atoms with E-state index in [2.05, 4.69) is 10.2 Å². The maximum Gasteiger partial charge on any atom is 0.357 e. The third-order valence-electron chi connectivity index (χ3n) is 3.04. The molecule has 1 saturated heterocycles. The molecule has 0 bridgehead atoms. The molecule has 1 unspecified atom stereocenters. The number of carboxylic acid groups (broad SMARTS) is 1. The van der Waals surface area contributed by atoms with E-state index in [1.165, 1.54) is 14.0 Å². The van der Waals surface area contributed by atoms with Crippen LogP contribution in [0.5, 0.6) is 0 Å². The lowest BCUT2D eigenvalue weighted by Gasteiger charge is -2.11. The van der Waals surface area contributed by atoms with Gasteiger partial charge in [-0.15, -0.1) is 0 Å². The molecule has 0 aromatic carbocycles. The lowest BCUT2D eigenvalue weighted by Crippen LogP contribution is -2.41. The van der Waals surface area contributed by atoms with Crippen molar-refractivity contribution in [3.05, 3.63) is 11.4 Å². The third-order valence-corrected chi connectivity index (χ3v) is 4.67. The highest BCUT2D eigenvalue weighted by Crippen LogP contribution is 2.20. The smallest absolute Gasteiger partial charge is 0.357 e. The number of carbonyl (C=O) groups is 3. The van der Waals surface area contributed by atoms with Crippen LogP contribution in [0.25, 0.3) is 0 Å². The molecular weight excluding hydrogens is 304 g/mol. The van der Waals surface area contributed by atoms with Crippen LogP contribution in [0.1, 0.15) is 22.6 Å². The van der Waals surface area contributed by atoms with Crippen molar-refractivity contribution in [3.63, 3.8) is 0 Å². The van der Waals surface area contributed by atoms with Crippen molar-refractivity contribution in [2.24, 2.45) is 0 Å². The largest absolute Gasteiger partial charge is 0.476 e. The van der Waals surface area contributed by atoms with Gasteiger partial charge in [-0.1, -0.05) is 0 Å². The van der Waals surface area contributed by atoms with E-state index in [1.807, 2.05) is 4.72 Å². The molecule has 2 heterocycles. The van der Waals surface area contributed by atoms with Crippen LogP contribution in [0, 0.1) is 6.92 Å². The number of aromatic amines is 1. The van der Waals surface area contributed by atoms with E-state index in [1.54, 1.807) is 0 Å². The number of nitrogens with one attached hydrogen (secondary N) is 2. The number of H-pyrrole nitrogens is 1. The van der Waals surface area contributed by atoms with Gasteiger partial charge in [0, 0.05) is 7.05 Å². The van der Waals surface area contributed by atoms with Gasteiger partial charge in [-0.05, 0) is 6.92 Å². The molecule has 11 heteroatoms. The number of carboxylic acids is 1. The summed E-state index contributed by atoms with van der Waals surface area (Å²) in [5, 5.41) is 14.6. The van der Waals surface area contributed by atoms with E-state index in [4.69, 9.17) is 5.11 Å². The molecule has 0 spiro atoms. The minimum atomic E-state index is -4.31. The Morgan fingerprint density at radius 2 is 2.10 bits per heavy atom. The Morgan fingerprint density at radius 1 is 1.48 bits per heavy atom. The zero-order valence-corrected chi connectivity index (χ0v) is 11.9. The molecule has 21 heavy (non-hydrogen) atoms. The molecule has 0 aliphatic carbocycles. The fourth-order valence-corrected chi connectivity index (χ4v) is 3.50. The van der Waals surface area contributed by atoms with Crippen molar-refractivity contribution in [2.75, 3.05) is 7.05 Å². The molecule has 3 N–H and O–H groups in total. The number of amides is 2. The first-order chi connectivity index (χ1) is 9.65. The molecule has 1 atom stereocenters. The summed E-state index contributed by atoms with van der Waals surface area (Å²) in [7, 11) is -3.07. The molecule has 0 radical (unpaired) electrons. The summed E-state index contributed by atoms with van der Waals surface area (Å²) < 4.78 is 26.5. The van der Waals surface area contributed by atoms with Gasteiger partial charge in [-0.25, -0.2) is 13.2 Å². The topological polar surface area (TPSA) is 150 Å². The summed E-state index contributed by atoms with van der Waals surface area (Å²) in [6.45, 7) is 1.34. The molecule has 1 aliphatic heterocycles. The Morgan fingerprint density at radius 3 is 2.57 bits per heavy atom. The molecule has 1 aliphatic rings. The van der Waals surface area contributed by atoms with Crippen molar-refractivity contribution >= 4 is 27.8 Å². The molecule has 2 amide bonds. The molecule has 1 aromatic heterocycles. The fourth-order valence-electron chi connectivity index (χ4n) is 1.99. The van der Waals surface area contributed by atoms with Gasteiger partial charge in [0.1, 0.15) is 10.9 Å². The second-order valence-electron chi connectivity index (χ2n) is 4.50. The Hall–Kier alpha value is -2.27. The zero-order valence-electron chi connectivity index (χ0n) is 11.1. The second-order valence-corrected chi connectivity index (χ2v) is 6.15. The van der Waals surface area contributed by atoms with Crippen molar-refractivity contribution in [1.82, 2.24) is 19.8 Å². The Kier molecular flexibility index (Phi) is 3.55. The number of likely N-dealkylation sites (N-methyl/N-ethyl adjacent to an activating group) is 1. The van der Waals surface area contributed by atoms with E-state index < -0.39 is 44.4 Å². The quantitative estimate of drug-likeness (QED) is 0.569. The Labute approximate surface area is 119 Å². The van der Waals surface area contributed by atoms with E-state index >= 15 is 0 Å². The van der Waals surface area contributed by atoms with E-state index in [0.29, 0.717) is 0 Å². The van der Waals surface area contributed by atoms with Gasteiger partial charge in [-0.2, -0.15) is 9.82 Å². The first kappa shape index (κ1) is 15.1. The number of aromatic nitrogens is 2. The van der Waals surface area contributed by atoms with Crippen molar-refractivity contribution in [1.29, 1.82) is 0 Å². The molecular formula is C10H12N4O6S. The first-order valence-electron chi connectivity index (χ1n) is 5.76. The first-order valence-corrected chi connectivity index (χ1v) is 7.24. The van der Waals surface area contributed by atoms with E-state index in [-0.39, 0.29) is 12.1 Å². The zero-order chi connectivity index (χ0) is 15.9. The monoisotopic (exact) mass is 316 g/mol. The van der Waals surface area contributed by atoms with Crippen molar-refractivity contribution < 1.29 is 27.9 Å². The van der Waals surface area contributed by atoms with Crippen LogP contribution in [0.15, 0.2) is 4.90 Å². The number of nitrogens with zero attached hydrogens (tertiary/aromatic N) is 2. The lowest BCUT2D eigenvalue weighted by molar-refractivity contribution is -0.137. The van der Waals surface area contributed by atoms with Gasteiger partial charge >= 0.3 is 5.97 Å². The summed E-state index contributed by atoms with van der Waals surface area (Å²) in [5.74, 6) is -2.73. The minimum absolute atomic E-state index is 0.0185. The standard InChI is InChI=1S/C10H12N4O6S/c1-4-8(7(10(17)18)12-11-4)21(19,20)13-5-3-6(15)14(2)9(5)16/h5,13H,3H2,1-2H3,(H,11,12)(H,17,18). The highest BCUT2D eigenvalue weighted by molar-refractivity contribution is 7.89. The second kappa shape index (κ2) is 4.93. The van der Waals surface area contributed by atoms with Crippen LogP contribution < -0.4 is 4.72 Å². The maximum absolute atomic E-state index is 12.2. The molecule has 114 valence electrons. The van der Waals surface area contributed by atoms with Gasteiger partial charge in [0.05, 0.1) is 12.1 Å². The molecule has 10 nitrogen and oxygen atoms in total.